The summed E-state index contributed by atoms with van der Waals surface area (Å²) in [7, 11) is 4.03. The van der Waals surface area contributed by atoms with Crippen molar-refractivity contribution in [2.24, 2.45) is 5.92 Å². The van der Waals surface area contributed by atoms with Gasteiger partial charge in [-0.25, -0.2) is 19.6 Å². The van der Waals surface area contributed by atoms with Gasteiger partial charge in [0.2, 0.25) is 11.8 Å². The van der Waals surface area contributed by atoms with Crippen LogP contribution in [0.4, 0.5) is 9.59 Å². The van der Waals surface area contributed by atoms with Gasteiger partial charge in [0.25, 0.3) is 0 Å². The number of imidazole rings is 2. The van der Waals surface area contributed by atoms with Gasteiger partial charge in [-0.3, -0.25) is 9.59 Å². The van der Waals surface area contributed by atoms with Crippen molar-refractivity contribution in [1.29, 1.82) is 0 Å². The Kier molecular flexibility index (Phi) is 11.7. The summed E-state index contributed by atoms with van der Waals surface area (Å²) in [4.78, 5) is 72.1. The Labute approximate surface area is 352 Å². The molecule has 322 valence electrons. The fourth-order valence-corrected chi connectivity index (χ4v) is 8.76. The Morgan fingerprint density at radius 2 is 1.48 bits per heavy atom. The van der Waals surface area contributed by atoms with Crippen molar-refractivity contribution in [2.45, 2.75) is 76.1 Å². The van der Waals surface area contributed by atoms with E-state index in [1.807, 2.05) is 32.0 Å². The minimum atomic E-state index is -0.941. The second kappa shape index (κ2) is 17.1. The zero-order chi connectivity index (χ0) is 43.0. The number of methoxy groups -OCH3 is 3. The summed E-state index contributed by atoms with van der Waals surface area (Å²) in [5.74, 6) is -0.366. The van der Waals surface area contributed by atoms with Crippen LogP contribution in [0.3, 0.4) is 0 Å². The highest BCUT2D eigenvalue weighted by Crippen LogP contribution is 2.43. The first-order valence-corrected chi connectivity index (χ1v) is 20.6. The quantitative estimate of drug-likeness (QED) is 0.129. The Morgan fingerprint density at radius 1 is 0.803 bits per heavy atom. The van der Waals surface area contributed by atoms with Crippen LogP contribution in [0.25, 0.3) is 44.2 Å². The summed E-state index contributed by atoms with van der Waals surface area (Å²) < 4.78 is 27.1. The molecular weight excluding hydrogens is 785 g/mol. The second-order valence-corrected chi connectivity index (χ2v) is 16.2. The summed E-state index contributed by atoms with van der Waals surface area (Å²) in [6, 6.07) is 16.1. The van der Waals surface area contributed by atoms with Crippen molar-refractivity contribution in [2.75, 3.05) is 47.6 Å². The largest absolute Gasteiger partial charge is 0.453 e. The minimum Gasteiger partial charge on any atom is -0.453 e. The lowest BCUT2D eigenvalue weighted by Gasteiger charge is -2.30. The van der Waals surface area contributed by atoms with Crippen molar-refractivity contribution in [3.05, 3.63) is 72.4 Å². The van der Waals surface area contributed by atoms with Crippen LogP contribution in [0, 0.1) is 5.92 Å². The molecule has 0 saturated carbocycles. The third kappa shape index (κ3) is 8.12. The van der Waals surface area contributed by atoms with Gasteiger partial charge in [0, 0.05) is 25.5 Å². The highest BCUT2D eigenvalue weighted by Gasteiger charge is 2.53. The number of hydrogen-bond acceptors (Lipinski definition) is 11. The van der Waals surface area contributed by atoms with E-state index < -0.39 is 42.2 Å². The number of ether oxygens (including phenoxy) is 5. The normalized spacial score (nSPS) is 20.0. The maximum Gasteiger partial charge on any atom is 0.407 e. The van der Waals surface area contributed by atoms with Crippen molar-refractivity contribution in [3.8, 4) is 22.4 Å². The fourth-order valence-electron chi connectivity index (χ4n) is 8.76. The molecule has 1 unspecified atom stereocenters. The van der Waals surface area contributed by atoms with Crippen LogP contribution in [-0.4, -0.2) is 125 Å². The monoisotopic (exact) mass is 836 g/mol. The molecule has 0 bridgehead atoms. The number of alkyl carbamates (subject to hydrolysis) is 2. The first-order valence-electron chi connectivity index (χ1n) is 20.6. The molecule has 2 aromatic heterocycles. The maximum absolute atomic E-state index is 14.0. The first-order chi connectivity index (χ1) is 29.4. The standard InChI is InChI=1S/C44H52N8O9/c1-24(2)35(49-42(55)58-5)40(53)52-23-44(60-18-19-61-44)21-34(52)38-45-22-32(47-38)27-11-9-26(10-12-27)28-13-15-30-29(20-28)14-16-31-37(30)48-39(46-31)33-8-7-17-51(33)41(54)36(25(3)57-4)50-43(56)59-6/h9-16,20,22,24-25,33-36H,7-8,17-19,21,23H2,1-6H3,(H,45,47)(H,46,48)(H,49,55)(H,50,56)/t25-,33?,34+,35+,36+/m1/s1. The van der Waals surface area contributed by atoms with E-state index in [2.05, 4.69) is 57.0 Å². The molecule has 8 rings (SSSR count). The van der Waals surface area contributed by atoms with Crippen molar-refractivity contribution in [3.63, 3.8) is 0 Å². The molecule has 3 fully saturated rings. The van der Waals surface area contributed by atoms with Crippen molar-refractivity contribution >= 4 is 45.8 Å². The number of H-pyrrole nitrogens is 2. The van der Waals surface area contributed by atoms with Crippen LogP contribution in [0.5, 0.6) is 0 Å². The van der Waals surface area contributed by atoms with Crippen LogP contribution in [0.15, 0.2) is 60.8 Å². The van der Waals surface area contributed by atoms with Gasteiger partial charge in [-0.15, -0.1) is 0 Å². The molecule has 3 saturated heterocycles. The highest BCUT2D eigenvalue weighted by atomic mass is 16.7. The number of likely N-dealkylation sites (tertiary alicyclic amines) is 2. The number of carbonyl (C=O) groups is 4. The molecule has 0 aliphatic carbocycles. The summed E-state index contributed by atoms with van der Waals surface area (Å²) in [6.07, 6.45) is 1.74. The predicted octanol–water partition coefficient (Wildman–Crippen LogP) is 5.59. The second-order valence-electron chi connectivity index (χ2n) is 16.2. The van der Waals surface area contributed by atoms with Crippen LogP contribution in [-0.2, 0) is 33.3 Å². The Morgan fingerprint density at radius 3 is 2.16 bits per heavy atom. The minimum absolute atomic E-state index is 0.197. The zero-order valence-electron chi connectivity index (χ0n) is 35.2. The lowest BCUT2D eigenvalue weighted by atomic mass is 9.99. The average molecular weight is 837 g/mol. The molecule has 5 atom stereocenters. The van der Waals surface area contributed by atoms with Crippen LogP contribution < -0.4 is 10.6 Å². The zero-order valence-corrected chi connectivity index (χ0v) is 35.2. The molecule has 4 N–H and O–H groups in total. The number of aromatic amines is 2. The van der Waals surface area contributed by atoms with Gasteiger partial charge in [0.1, 0.15) is 23.7 Å². The van der Waals surface area contributed by atoms with E-state index >= 15 is 0 Å². The topological polar surface area (TPSA) is 202 Å². The van der Waals surface area contributed by atoms with Crippen LogP contribution >= 0.6 is 0 Å². The van der Waals surface area contributed by atoms with Gasteiger partial charge in [-0.1, -0.05) is 56.3 Å². The third-order valence-electron chi connectivity index (χ3n) is 12.1. The molecule has 61 heavy (non-hydrogen) atoms. The van der Waals surface area contributed by atoms with Crippen LogP contribution in [0.2, 0.25) is 0 Å². The predicted molar refractivity (Wildman–Crippen MR) is 224 cm³/mol. The number of rotatable bonds is 11. The van der Waals surface area contributed by atoms with Gasteiger partial charge >= 0.3 is 12.2 Å². The summed E-state index contributed by atoms with van der Waals surface area (Å²) in [5.41, 5.74) is 5.46. The molecule has 5 aromatic rings. The molecule has 3 aliphatic rings. The average Bonchev–Trinajstić information content (AvgIpc) is 4.14. The summed E-state index contributed by atoms with van der Waals surface area (Å²) >= 11 is 0. The number of fused-ring (bicyclic) bond motifs is 3. The molecule has 1 spiro atoms. The van der Waals surface area contributed by atoms with E-state index in [0.29, 0.717) is 37.8 Å². The van der Waals surface area contributed by atoms with Gasteiger partial charge in [0.15, 0.2) is 5.79 Å². The molecule has 3 aromatic carbocycles. The lowest BCUT2D eigenvalue weighted by molar-refractivity contribution is -0.153. The summed E-state index contributed by atoms with van der Waals surface area (Å²) in [5, 5.41) is 7.37. The van der Waals surface area contributed by atoms with Crippen molar-refractivity contribution in [1.82, 2.24) is 40.4 Å². The number of nitrogens with zero attached hydrogens (tertiary/aromatic N) is 4. The molecule has 3 aliphatic heterocycles. The molecule has 5 heterocycles. The van der Waals surface area contributed by atoms with Gasteiger partial charge < -0.3 is 54.1 Å². The van der Waals surface area contributed by atoms with Crippen molar-refractivity contribution < 1.29 is 42.9 Å². The Bertz CT molecular complexity index is 2420. The highest BCUT2D eigenvalue weighted by molar-refractivity contribution is 6.05. The number of hydrogen-bond donors (Lipinski definition) is 4. The number of nitrogens with one attached hydrogen (secondary N) is 4. The van der Waals surface area contributed by atoms with E-state index in [1.54, 1.807) is 22.9 Å². The molecule has 17 nitrogen and oxygen atoms in total. The fraction of sp³-hybridized carbons (Fsp3) is 0.455. The molecule has 17 heteroatoms. The molecule has 0 radical (unpaired) electrons. The molecular formula is C44H52N8O9. The Hall–Kier alpha value is -6.04. The number of aromatic nitrogens is 4. The lowest BCUT2D eigenvalue weighted by Crippen LogP contribution is -2.54. The Balaban J connectivity index is 1.00. The van der Waals surface area contributed by atoms with E-state index in [9.17, 15) is 19.2 Å². The number of amides is 4. The summed E-state index contributed by atoms with van der Waals surface area (Å²) in [6.45, 7) is 7.08. The van der Waals surface area contributed by atoms with E-state index in [4.69, 9.17) is 33.7 Å². The third-order valence-corrected chi connectivity index (χ3v) is 12.1. The number of benzene rings is 3. The van der Waals surface area contributed by atoms with E-state index in [1.165, 1.54) is 21.3 Å². The van der Waals surface area contributed by atoms with Crippen LogP contribution in [0.1, 0.15) is 63.8 Å². The van der Waals surface area contributed by atoms with Gasteiger partial charge in [0.05, 0.1) is 75.1 Å². The van der Waals surface area contributed by atoms with E-state index in [-0.39, 0.29) is 30.3 Å². The van der Waals surface area contributed by atoms with Gasteiger partial charge in [-0.2, -0.15) is 0 Å². The number of carbonyl (C=O) groups excluding carboxylic acids is 4. The first kappa shape index (κ1) is 41.7. The van der Waals surface area contributed by atoms with Gasteiger partial charge in [-0.05, 0) is 59.9 Å². The SMILES string of the molecule is COC(=O)N[C@H](C(=O)N1CC2(C[C@H]1c1ncc(-c3ccc(-c4ccc5c(ccc6nc(C7CCCN7C(=O)[C@@H](NC(=O)OC)[C@@H](C)OC)[nH]c65)c4)cc3)[nH]1)OCCO2)C(C)C. The van der Waals surface area contributed by atoms with E-state index in [0.717, 1.165) is 57.0 Å². The maximum atomic E-state index is 14.0. The smallest absolute Gasteiger partial charge is 0.407 e. The molecule has 4 amide bonds.